The van der Waals surface area contributed by atoms with Crippen LogP contribution in [0.25, 0.3) is 11.1 Å². The van der Waals surface area contributed by atoms with Crippen LogP contribution in [-0.4, -0.2) is 50.8 Å². The molecule has 0 heterocycles. The van der Waals surface area contributed by atoms with Crippen LogP contribution in [-0.2, 0) is 14.3 Å². The Labute approximate surface area is 160 Å². The van der Waals surface area contributed by atoms with Crippen LogP contribution in [0.5, 0.6) is 0 Å². The van der Waals surface area contributed by atoms with E-state index in [9.17, 15) is 9.18 Å². The molecule has 146 valence electrons. The zero-order valence-corrected chi connectivity index (χ0v) is 16.3. The van der Waals surface area contributed by atoms with Crippen molar-refractivity contribution in [3.05, 3.63) is 59.9 Å². The summed E-state index contributed by atoms with van der Waals surface area (Å²) in [5.74, 6) is -1.44. The smallest absolute Gasteiger partial charge is 0.315 e. The van der Waals surface area contributed by atoms with Crippen molar-refractivity contribution in [1.29, 1.82) is 0 Å². The molecule has 2 rings (SSSR count). The Hall–Kier alpha value is -2.24. The molecule has 27 heavy (non-hydrogen) atoms. The Morgan fingerprint density at radius 3 is 2.41 bits per heavy atom. The quantitative estimate of drug-likeness (QED) is 0.464. The van der Waals surface area contributed by atoms with Crippen molar-refractivity contribution in [2.75, 3.05) is 40.0 Å². The lowest BCUT2D eigenvalue weighted by atomic mass is 9.96. The molecule has 0 fully saturated rings. The summed E-state index contributed by atoms with van der Waals surface area (Å²) in [6, 6.07) is 14.2. The van der Waals surface area contributed by atoms with Gasteiger partial charge < -0.3 is 14.4 Å². The van der Waals surface area contributed by atoms with Gasteiger partial charge in [0.05, 0.1) is 20.3 Å². The van der Waals surface area contributed by atoms with E-state index in [1.807, 2.05) is 30.3 Å². The molecule has 5 heteroatoms. The van der Waals surface area contributed by atoms with Crippen molar-refractivity contribution in [2.24, 2.45) is 0 Å². The summed E-state index contributed by atoms with van der Waals surface area (Å²) in [7, 11) is 1.33. The number of ether oxygens (including phenoxy) is 2. The van der Waals surface area contributed by atoms with Gasteiger partial charge in [0, 0.05) is 12.1 Å². The van der Waals surface area contributed by atoms with Crippen LogP contribution in [0.3, 0.4) is 0 Å². The van der Waals surface area contributed by atoms with Crippen molar-refractivity contribution >= 4 is 5.97 Å². The number of benzene rings is 2. The van der Waals surface area contributed by atoms with Crippen molar-refractivity contribution < 1.29 is 18.7 Å². The van der Waals surface area contributed by atoms with E-state index in [1.165, 1.54) is 13.2 Å². The largest absolute Gasteiger partial charge is 0.468 e. The van der Waals surface area contributed by atoms with Gasteiger partial charge in [-0.15, -0.1) is 0 Å². The van der Waals surface area contributed by atoms with E-state index >= 15 is 0 Å². The van der Waals surface area contributed by atoms with Crippen LogP contribution >= 0.6 is 0 Å². The molecule has 2 aromatic carbocycles. The van der Waals surface area contributed by atoms with Gasteiger partial charge in [0.25, 0.3) is 0 Å². The Morgan fingerprint density at radius 2 is 1.81 bits per heavy atom. The number of halogens is 1. The van der Waals surface area contributed by atoms with Gasteiger partial charge in [-0.05, 0) is 30.3 Å². The lowest BCUT2D eigenvalue weighted by molar-refractivity contribution is -0.144. The van der Waals surface area contributed by atoms with Gasteiger partial charge in [0.1, 0.15) is 11.7 Å². The molecule has 0 spiro atoms. The summed E-state index contributed by atoms with van der Waals surface area (Å²) in [6.07, 6.45) is 0. The fourth-order valence-electron chi connectivity index (χ4n) is 2.98. The van der Waals surface area contributed by atoms with E-state index in [-0.39, 0.29) is 12.4 Å². The Kier molecular flexibility index (Phi) is 8.43. The lowest BCUT2D eigenvalue weighted by Crippen LogP contribution is -2.28. The summed E-state index contributed by atoms with van der Waals surface area (Å²) >= 11 is 0. The third-order valence-electron chi connectivity index (χ3n) is 4.70. The van der Waals surface area contributed by atoms with Gasteiger partial charge in [0.2, 0.25) is 0 Å². The summed E-state index contributed by atoms with van der Waals surface area (Å²) in [4.78, 5) is 14.4. The van der Waals surface area contributed by atoms with Crippen LogP contribution < -0.4 is 0 Å². The van der Waals surface area contributed by atoms with E-state index < -0.39 is 11.9 Å². The molecule has 0 aliphatic rings. The highest BCUT2D eigenvalue weighted by Gasteiger charge is 2.23. The zero-order valence-electron chi connectivity index (χ0n) is 16.3. The highest BCUT2D eigenvalue weighted by Crippen LogP contribution is 2.27. The summed E-state index contributed by atoms with van der Waals surface area (Å²) in [6.45, 7) is 7.56. The van der Waals surface area contributed by atoms with Gasteiger partial charge >= 0.3 is 5.97 Å². The van der Waals surface area contributed by atoms with E-state index in [4.69, 9.17) is 9.47 Å². The van der Waals surface area contributed by atoms with E-state index in [1.54, 1.807) is 12.1 Å². The van der Waals surface area contributed by atoms with Gasteiger partial charge in [-0.2, -0.15) is 0 Å². The van der Waals surface area contributed by atoms with Gasteiger partial charge in [-0.3, -0.25) is 4.79 Å². The minimum absolute atomic E-state index is 0.165. The number of carbonyl (C=O) groups excluding carboxylic acids is 1. The highest BCUT2D eigenvalue weighted by molar-refractivity contribution is 5.78. The number of carbonyl (C=O) groups is 1. The molecule has 2 aromatic rings. The fraction of sp³-hybridized carbons (Fsp3) is 0.409. The number of hydrogen-bond acceptors (Lipinski definition) is 4. The predicted molar refractivity (Wildman–Crippen MR) is 105 cm³/mol. The Bertz CT molecular complexity index is 717. The second-order valence-corrected chi connectivity index (χ2v) is 6.28. The number of rotatable bonds is 10. The topological polar surface area (TPSA) is 38.8 Å². The summed E-state index contributed by atoms with van der Waals surface area (Å²) in [5, 5.41) is 0. The Morgan fingerprint density at radius 1 is 1.11 bits per heavy atom. The maximum atomic E-state index is 14.6. The van der Waals surface area contributed by atoms with Gasteiger partial charge in [-0.1, -0.05) is 56.3 Å². The zero-order chi connectivity index (χ0) is 19.6. The second kappa shape index (κ2) is 10.8. The molecule has 0 saturated heterocycles. The highest BCUT2D eigenvalue weighted by atomic mass is 19.1. The summed E-state index contributed by atoms with van der Waals surface area (Å²) in [5.41, 5.74) is 1.86. The number of hydrogen-bond donors (Lipinski definition) is 0. The molecule has 0 aliphatic carbocycles. The summed E-state index contributed by atoms with van der Waals surface area (Å²) < 4.78 is 25.2. The Balaban J connectivity index is 2.10. The minimum Gasteiger partial charge on any atom is -0.468 e. The molecular weight excluding hydrogens is 345 g/mol. The van der Waals surface area contributed by atoms with Gasteiger partial charge in [-0.25, -0.2) is 4.39 Å². The van der Waals surface area contributed by atoms with E-state index in [0.717, 1.165) is 25.2 Å². The lowest BCUT2D eigenvalue weighted by Gasteiger charge is -2.20. The predicted octanol–water partition coefficient (Wildman–Crippen LogP) is 4.11. The maximum Gasteiger partial charge on any atom is 0.315 e. The number of nitrogens with zero attached hydrogens (tertiary/aromatic N) is 1. The number of likely N-dealkylation sites (N-methyl/N-ethyl adjacent to an activating group) is 1. The number of methoxy groups -OCH3 is 1. The molecule has 1 unspecified atom stereocenters. The molecule has 0 N–H and O–H groups in total. The molecule has 1 atom stereocenters. The van der Waals surface area contributed by atoms with Crippen LogP contribution in [0.1, 0.15) is 25.3 Å². The van der Waals surface area contributed by atoms with E-state index in [2.05, 4.69) is 18.7 Å². The molecule has 0 aliphatic heterocycles. The SMILES string of the molecule is CCN(CC)CCOCC(C(=O)OC)c1ccc(-c2ccccc2)c(F)c1. The average molecular weight is 373 g/mol. The number of esters is 1. The van der Waals surface area contributed by atoms with Gasteiger partial charge in [0.15, 0.2) is 0 Å². The second-order valence-electron chi connectivity index (χ2n) is 6.28. The van der Waals surface area contributed by atoms with Crippen LogP contribution in [0.4, 0.5) is 4.39 Å². The third kappa shape index (κ3) is 5.88. The molecule has 0 radical (unpaired) electrons. The monoisotopic (exact) mass is 373 g/mol. The maximum absolute atomic E-state index is 14.6. The minimum atomic E-state index is -0.647. The first kappa shape index (κ1) is 21.1. The normalized spacial score (nSPS) is 12.2. The third-order valence-corrected chi connectivity index (χ3v) is 4.70. The van der Waals surface area contributed by atoms with Crippen molar-refractivity contribution in [3.63, 3.8) is 0 Å². The molecule has 0 saturated carbocycles. The fourth-order valence-corrected chi connectivity index (χ4v) is 2.98. The van der Waals surface area contributed by atoms with Crippen LogP contribution in [0, 0.1) is 5.82 Å². The first-order valence-electron chi connectivity index (χ1n) is 9.33. The van der Waals surface area contributed by atoms with Crippen LogP contribution in [0.2, 0.25) is 0 Å². The van der Waals surface area contributed by atoms with E-state index in [0.29, 0.717) is 17.7 Å². The van der Waals surface area contributed by atoms with Crippen LogP contribution in [0.15, 0.2) is 48.5 Å². The molecular formula is C22H28FNO3. The standard InChI is InChI=1S/C22H28FNO3/c1-4-24(5-2)13-14-27-16-20(22(25)26-3)18-11-12-19(21(23)15-18)17-9-7-6-8-10-17/h6-12,15,20H,4-5,13-14,16H2,1-3H3. The van der Waals surface area contributed by atoms with Crippen molar-refractivity contribution in [3.8, 4) is 11.1 Å². The molecule has 0 amide bonds. The first-order valence-corrected chi connectivity index (χ1v) is 9.33. The molecule has 0 bridgehead atoms. The van der Waals surface area contributed by atoms with Crippen molar-refractivity contribution in [2.45, 2.75) is 19.8 Å². The molecule has 4 nitrogen and oxygen atoms in total. The molecule has 0 aromatic heterocycles. The first-order chi connectivity index (χ1) is 13.1. The average Bonchev–Trinajstić information content (AvgIpc) is 2.71. The van der Waals surface area contributed by atoms with Crippen molar-refractivity contribution in [1.82, 2.24) is 4.90 Å².